The summed E-state index contributed by atoms with van der Waals surface area (Å²) in [6.07, 6.45) is 3.44. The fourth-order valence-electron chi connectivity index (χ4n) is 3.58. The minimum atomic E-state index is -0.453. The summed E-state index contributed by atoms with van der Waals surface area (Å²) in [4.78, 5) is 22.8. The highest BCUT2D eigenvalue weighted by Crippen LogP contribution is 2.16. The Hall–Kier alpha value is -1.90. The number of nitrogen functional groups attached to an aromatic ring is 1. The minimum absolute atomic E-state index is 0.171. The Balaban J connectivity index is 1.43. The van der Waals surface area contributed by atoms with E-state index in [9.17, 15) is 4.79 Å². The number of piperazine rings is 1. The fraction of sp³-hybridized carbons (Fsp3) is 0.700. The predicted molar refractivity (Wildman–Crippen MR) is 108 cm³/mol. The number of hydrogen-bond acceptors (Lipinski definition) is 7. The van der Waals surface area contributed by atoms with Gasteiger partial charge in [0.1, 0.15) is 5.60 Å². The quantitative estimate of drug-likeness (QED) is 0.831. The number of hydrogen-bond donors (Lipinski definition) is 1. The first-order valence-electron chi connectivity index (χ1n) is 10.0. The smallest absolute Gasteiger partial charge is 0.410 e. The van der Waals surface area contributed by atoms with E-state index in [4.69, 9.17) is 15.2 Å². The largest absolute Gasteiger partial charge is 0.444 e. The lowest BCUT2D eigenvalue weighted by Crippen LogP contribution is -2.54. The maximum atomic E-state index is 12.2. The molecule has 1 aromatic heterocycles. The van der Waals surface area contributed by atoms with Gasteiger partial charge in [-0.25, -0.2) is 4.79 Å². The van der Waals surface area contributed by atoms with Crippen LogP contribution < -0.4 is 5.73 Å². The molecule has 0 aromatic carbocycles. The zero-order valence-electron chi connectivity index (χ0n) is 17.3. The number of carbonyl (C=O) groups is 1. The first kappa shape index (κ1) is 20.8. The van der Waals surface area contributed by atoms with E-state index in [1.54, 1.807) is 17.3 Å². The molecule has 2 aliphatic heterocycles. The monoisotopic (exact) mass is 391 g/mol. The second-order valence-corrected chi connectivity index (χ2v) is 8.57. The zero-order valence-corrected chi connectivity index (χ0v) is 17.3. The van der Waals surface area contributed by atoms with E-state index in [2.05, 4.69) is 14.8 Å². The van der Waals surface area contributed by atoms with Gasteiger partial charge in [-0.3, -0.25) is 14.8 Å². The van der Waals surface area contributed by atoms with Gasteiger partial charge in [0, 0.05) is 58.6 Å². The maximum absolute atomic E-state index is 12.2. The van der Waals surface area contributed by atoms with Crippen LogP contribution in [0.15, 0.2) is 18.5 Å². The van der Waals surface area contributed by atoms with Crippen molar-refractivity contribution in [1.29, 1.82) is 0 Å². The Morgan fingerprint density at radius 2 is 2.00 bits per heavy atom. The Kier molecular flexibility index (Phi) is 6.74. The molecule has 8 heteroatoms. The molecule has 0 bridgehead atoms. The van der Waals surface area contributed by atoms with Crippen LogP contribution in [0, 0.1) is 0 Å². The van der Waals surface area contributed by atoms with Crippen molar-refractivity contribution in [1.82, 2.24) is 19.7 Å². The van der Waals surface area contributed by atoms with E-state index < -0.39 is 5.60 Å². The fourth-order valence-corrected chi connectivity index (χ4v) is 3.58. The number of ether oxygens (including phenoxy) is 2. The number of nitrogens with zero attached hydrogens (tertiary/aromatic N) is 4. The Labute approximate surface area is 167 Å². The van der Waals surface area contributed by atoms with Gasteiger partial charge in [0.15, 0.2) is 0 Å². The number of aromatic nitrogens is 1. The molecule has 0 aliphatic carbocycles. The molecule has 2 fully saturated rings. The molecule has 28 heavy (non-hydrogen) atoms. The van der Waals surface area contributed by atoms with E-state index in [1.165, 1.54) is 0 Å². The summed E-state index contributed by atoms with van der Waals surface area (Å²) in [6, 6.07) is 1.98. The van der Waals surface area contributed by atoms with E-state index in [0.717, 1.165) is 57.1 Å². The average molecular weight is 392 g/mol. The lowest BCUT2D eigenvalue weighted by molar-refractivity contribution is -0.0513. The third-order valence-electron chi connectivity index (χ3n) is 5.05. The van der Waals surface area contributed by atoms with Crippen LogP contribution in [-0.2, 0) is 16.0 Å². The van der Waals surface area contributed by atoms with Gasteiger partial charge in [-0.05, 0) is 32.4 Å². The highest BCUT2D eigenvalue weighted by molar-refractivity contribution is 5.68. The van der Waals surface area contributed by atoms with Crippen LogP contribution in [0.4, 0.5) is 10.5 Å². The van der Waals surface area contributed by atoms with Gasteiger partial charge >= 0.3 is 6.09 Å². The summed E-state index contributed by atoms with van der Waals surface area (Å²) in [5.41, 5.74) is 7.43. The SMILES string of the molecule is CC(C)(C)OC(=O)N1CCN(CC2CN(Cc3ccncc3N)CCO2)CC1. The van der Waals surface area contributed by atoms with Crippen LogP contribution in [0.2, 0.25) is 0 Å². The van der Waals surface area contributed by atoms with E-state index in [0.29, 0.717) is 13.1 Å². The number of amides is 1. The lowest BCUT2D eigenvalue weighted by atomic mass is 10.1. The second-order valence-electron chi connectivity index (χ2n) is 8.57. The Bertz CT molecular complexity index is 655. The van der Waals surface area contributed by atoms with Crippen molar-refractivity contribution < 1.29 is 14.3 Å². The summed E-state index contributed by atoms with van der Waals surface area (Å²) < 4.78 is 11.5. The third kappa shape index (κ3) is 6.05. The Morgan fingerprint density at radius 1 is 1.25 bits per heavy atom. The van der Waals surface area contributed by atoms with E-state index in [-0.39, 0.29) is 12.2 Å². The normalized spacial score (nSPS) is 22.2. The molecule has 2 saturated heterocycles. The summed E-state index contributed by atoms with van der Waals surface area (Å²) in [6.45, 7) is 13.0. The maximum Gasteiger partial charge on any atom is 0.410 e. The number of nitrogens with two attached hydrogens (primary N) is 1. The van der Waals surface area contributed by atoms with Crippen LogP contribution in [0.25, 0.3) is 0 Å². The van der Waals surface area contributed by atoms with Crippen molar-refractivity contribution in [2.45, 2.75) is 39.0 Å². The molecule has 8 nitrogen and oxygen atoms in total. The van der Waals surface area contributed by atoms with Crippen molar-refractivity contribution in [2.24, 2.45) is 0 Å². The molecule has 1 atom stereocenters. The van der Waals surface area contributed by atoms with Gasteiger partial charge < -0.3 is 20.1 Å². The van der Waals surface area contributed by atoms with Crippen molar-refractivity contribution in [3.8, 4) is 0 Å². The number of rotatable bonds is 4. The Morgan fingerprint density at radius 3 is 2.68 bits per heavy atom. The lowest BCUT2D eigenvalue weighted by Gasteiger charge is -2.39. The van der Waals surface area contributed by atoms with Gasteiger partial charge in [0.05, 0.1) is 24.6 Å². The molecule has 0 radical (unpaired) electrons. The molecule has 3 heterocycles. The van der Waals surface area contributed by atoms with Gasteiger partial charge in [-0.15, -0.1) is 0 Å². The zero-order chi connectivity index (χ0) is 20.1. The van der Waals surface area contributed by atoms with E-state index in [1.807, 2.05) is 26.8 Å². The molecule has 156 valence electrons. The number of pyridine rings is 1. The van der Waals surface area contributed by atoms with Gasteiger partial charge in [-0.2, -0.15) is 0 Å². The number of anilines is 1. The molecular formula is C20H33N5O3. The van der Waals surface area contributed by atoms with Crippen molar-refractivity contribution in [3.05, 3.63) is 24.0 Å². The van der Waals surface area contributed by atoms with Crippen molar-refractivity contribution in [2.75, 3.05) is 58.2 Å². The topological polar surface area (TPSA) is 84.2 Å². The van der Waals surface area contributed by atoms with Gasteiger partial charge in [0.2, 0.25) is 0 Å². The molecular weight excluding hydrogens is 358 g/mol. The van der Waals surface area contributed by atoms with E-state index >= 15 is 0 Å². The van der Waals surface area contributed by atoms with Crippen LogP contribution >= 0.6 is 0 Å². The van der Waals surface area contributed by atoms with Crippen molar-refractivity contribution >= 4 is 11.8 Å². The van der Waals surface area contributed by atoms with Gasteiger partial charge in [0.25, 0.3) is 0 Å². The second kappa shape index (κ2) is 9.07. The molecule has 1 amide bonds. The summed E-state index contributed by atoms with van der Waals surface area (Å²) in [5, 5.41) is 0. The molecule has 0 saturated carbocycles. The van der Waals surface area contributed by atoms with Crippen LogP contribution in [-0.4, -0.2) is 89.9 Å². The molecule has 2 aliphatic rings. The summed E-state index contributed by atoms with van der Waals surface area (Å²) in [7, 11) is 0. The van der Waals surface area contributed by atoms with Crippen LogP contribution in [0.3, 0.4) is 0 Å². The molecule has 1 aromatic rings. The molecule has 1 unspecified atom stereocenters. The average Bonchev–Trinajstić information content (AvgIpc) is 2.63. The molecule has 0 spiro atoms. The summed E-state index contributed by atoms with van der Waals surface area (Å²) in [5.74, 6) is 0. The number of morpholine rings is 1. The molecule has 2 N–H and O–H groups in total. The number of carbonyl (C=O) groups excluding carboxylic acids is 1. The van der Waals surface area contributed by atoms with Crippen LogP contribution in [0.5, 0.6) is 0 Å². The first-order valence-corrected chi connectivity index (χ1v) is 10.0. The standard InChI is InChI=1S/C20H33N5O3/c1-20(2,3)28-19(26)25-8-6-23(7-9-25)14-17-15-24(10-11-27-17)13-16-4-5-22-12-18(16)21/h4-5,12,17H,6-11,13-15,21H2,1-3H3. The third-order valence-corrected chi connectivity index (χ3v) is 5.05. The predicted octanol–water partition coefficient (Wildman–Crippen LogP) is 1.42. The minimum Gasteiger partial charge on any atom is -0.444 e. The van der Waals surface area contributed by atoms with Crippen molar-refractivity contribution in [3.63, 3.8) is 0 Å². The highest BCUT2D eigenvalue weighted by atomic mass is 16.6. The molecule has 3 rings (SSSR count). The highest BCUT2D eigenvalue weighted by Gasteiger charge is 2.28. The van der Waals surface area contributed by atoms with Gasteiger partial charge in [-0.1, -0.05) is 0 Å². The summed E-state index contributed by atoms with van der Waals surface area (Å²) >= 11 is 0. The first-order chi connectivity index (χ1) is 13.3. The van der Waals surface area contributed by atoms with Crippen LogP contribution in [0.1, 0.15) is 26.3 Å².